The molecule has 0 aliphatic carbocycles. The third kappa shape index (κ3) is 3.64. The molecular weight excluding hydrogens is 309 g/mol. The van der Waals surface area contributed by atoms with Gasteiger partial charge in [0.2, 0.25) is 0 Å². The molecule has 0 radical (unpaired) electrons. The second-order valence-electron chi connectivity index (χ2n) is 6.70. The van der Waals surface area contributed by atoms with E-state index in [1.54, 1.807) is 12.1 Å². The molecule has 24 heavy (non-hydrogen) atoms. The highest BCUT2D eigenvalue weighted by atomic mass is 19.1. The number of ether oxygens (including phenoxy) is 1. The maximum absolute atomic E-state index is 13.8. The van der Waals surface area contributed by atoms with Crippen LogP contribution in [0.3, 0.4) is 0 Å². The Kier molecular flexibility index (Phi) is 5.23. The number of nitrogens with zero attached hydrogens (tertiary/aromatic N) is 2. The zero-order valence-corrected chi connectivity index (χ0v) is 14.4. The third-order valence-electron chi connectivity index (χ3n) is 5.14. The number of hydrogen-bond acceptors (Lipinski definition) is 3. The van der Waals surface area contributed by atoms with E-state index in [2.05, 4.69) is 10.2 Å². The van der Waals surface area contributed by atoms with Gasteiger partial charge in [0.1, 0.15) is 0 Å². The van der Waals surface area contributed by atoms with Gasteiger partial charge in [-0.3, -0.25) is 4.90 Å². The topological polar surface area (TPSA) is 44.8 Å². The van der Waals surface area contributed by atoms with Gasteiger partial charge in [-0.2, -0.15) is 0 Å². The molecule has 132 valence electrons. The lowest BCUT2D eigenvalue weighted by molar-refractivity contribution is 0.0637. The highest BCUT2D eigenvalue weighted by Crippen LogP contribution is 2.23. The number of piperidine rings is 1. The Hall–Kier alpha value is -1.82. The average Bonchev–Trinajstić information content (AvgIpc) is 2.61. The zero-order valence-electron chi connectivity index (χ0n) is 14.4. The molecule has 1 aromatic carbocycles. The summed E-state index contributed by atoms with van der Waals surface area (Å²) < 4.78 is 18.8. The third-order valence-corrected chi connectivity index (χ3v) is 5.14. The first-order chi connectivity index (χ1) is 11.6. The van der Waals surface area contributed by atoms with Crippen molar-refractivity contribution in [2.45, 2.75) is 38.3 Å². The second kappa shape index (κ2) is 7.38. The molecule has 3 rings (SSSR count). The maximum atomic E-state index is 13.8. The molecule has 0 unspecified atom stereocenters. The van der Waals surface area contributed by atoms with Crippen LogP contribution in [0.2, 0.25) is 0 Å². The monoisotopic (exact) mass is 335 g/mol. The van der Waals surface area contributed by atoms with Crippen molar-refractivity contribution in [1.29, 1.82) is 0 Å². The van der Waals surface area contributed by atoms with Crippen LogP contribution < -0.4 is 10.1 Å². The van der Waals surface area contributed by atoms with E-state index in [9.17, 15) is 9.18 Å². The number of amides is 2. The smallest absolute Gasteiger partial charge is 0.317 e. The predicted molar refractivity (Wildman–Crippen MR) is 90.7 cm³/mol. The summed E-state index contributed by atoms with van der Waals surface area (Å²) in [6, 6.07) is 4.97. The van der Waals surface area contributed by atoms with Crippen molar-refractivity contribution < 1.29 is 13.9 Å². The van der Waals surface area contributed by atoms with Crippen LogP contribution in [0, 0.1) is 5.82 Å². The molecular formula is C18H26FN3O2. The van der Waals surface area contributed by atoms with E-state index in [0.29, 0.717) is 6.04 Å². The number of carbonyl (C=O) groups is 1. The van der Waals surface area contributed by atoms with Crippen molar-refractivity contribution in [3.63, 3.8) is 0 Å². The van der Waals surface area contributed by atoms with Crippen molar-refractivity contribution in [3.8, 4) is 5.75 Å². The number of urea groups is 1. The normalized spacial score (nSPS) is 22.6. The molecule has 1 aromatic rings. The molecule has 2 aliphatic rings. The van der Waals surface area contributed by atoms with Gasteiger partial charge >= 0.3 is 6.03 Å². The lowest BCUT2D eigenvalue weighted by Gasteiger charge is -2.44. The fraction of sp³-hybridized carbons (Fsp3) is 0.611. The first-order valence-electron chi connectivity index (χ1n) is 8.71. The molecule has 2 fully saturated rings. The number of piperazine rings is 1. The molecule has 5 nitrogen and oxygen atoms in total. The lowest BCUT2D eigenvalue weighted by atomic mass is 10.00. The summed E-state index contributed by atoms with van der Waals surface area (Å²) in [7, 11) is 1.44. The van der Waals surface area contributed by atoms with Crippen LogP contribution in [0.1, 0.15) is 37.8 Å². The molecule has 2 heterocycles. The molecule has 2 saturated heterocycles. The van der Waals surface area contributed by atoms with E-state index in [1.807, 2.05) is 11.8 Å². The zero-order chi connectivity index (χ0) is 17.1. The minimum atomic E-state index is -0.410. The van der Waals surface area contributed by atoms with Crippen LogP contribution in [0.5, 0.6) is 5.75 Å². The van der Waals surface area contributed by atoms with Crippen LogP contribution in [-0.4, -0.2) is 55.2 Å². The summed E-state index contributed by atoms with van der Waals surface area (Å²) in [6.07, 6.45) is 3.68. The Morgan fingerprint density at radius 1 is 1.33 bits per heavy atom. The van der Waals surface area contributed by atoms with E-state index < -0.39 is 5.82 Å². The molecule has 0 saturated carbocycles. The van der Waals surface area contributed by atoms with E-state index in [4.69, 9.17) is 4.74 Å². The largest absolute Gasteiger partial charge is 0.494 e. The van der Waals surface area contributed by atoms with Gasteiger partial charge in [-0.15, -0.1) is 0 Å². The van der Waals surface area contributed by atoms with Crippen LogP contribution in [-0.2, 0) is 0 Å². The Bertz CT molecular complexity index is 596. The Morgan fingerprint density at radius 2 is 2.17 bits per heavy atom. The van der Waals surface area contributed by atoms with E-state index in [1.165, 1.54) is 32.4 Å². The molecule has 2 atom stereocenters. The van der Waals surface area contributed by atoms with Gasteiger partial charge in [0.05, 0.1) is 13.2 Å². The standard InChI is InChI=1S/C18H26FN3O2/c1-13(14-6-7-17(24-2)16(19)11-14)20-18(23)22-10-9-21-8-4-3-5-15(21)12-22/h6-7,11,13,15H,3-5,8-10,12H2,1-2H3,(H,20,23)/t13-,15-/m1/s1. The summed E-state index contributed by atoms with van der Waals surface area (Å²) >= 11 is 0. The van der Waals surface area contributed by atoms with Crippen LogP contribution in [0.25, 0.3) is 0 Å². The van der Waals surface area contributed by atoms with Gasteiger partial charge in [-0.05, 0) is 44.0 Å². The summed E-state index contributed by atoms with van der Waals surface area (Å²) in [6.45, 7) is 5.52. The number of nitrogens with one attached hydrogen (secondary N) is 1. The number of methoxy groups -OCH3 is 1. The molecule has 0 bridgehead atoms. The lowest BCUT2D eigenvalue weighted by Crippen LogP contribution is -2.58. The molecule has 6 heteroatoms. The van der Waals surface area contributed by atoms with Crippen molar-refractivity contribution >= 4 is 6.03 Å². The molecule has 0 aromatic heterocycles. The van der Waals surface area contributed by atoms with E-state index in [0.717, 1.165) is 31.7 Å². The van der Waals surface area contributed by atoms with Crippen molar-refractivity contribution in [1.82, 2.24) is 15.1 Å². The van der Waals surface area contributed by atoms with Gasteiger partial charge < -0.3 is 15.0 Å². The molecule has 2 amide bonds. The number of halogens is 1. The quantitative estimate of drug-likeness (QED) is 0.924. The summed E-state index contributed by atoms with van der Waals surface area (Å²) in [5.74, 6) is -0.197. The Morgan fingerprint density at radius 3 is 2.92 bits per heavy atom. The summed E-state index contributed by atoms with van der Waals surface area (Å²) in [5.41, 5.74) is 0.734. The van der Waals surface area contributed by atoms with Crippen molar-refractivity contribution in [2.24, 2.45) is 0 Å². The minimum Gasteiger partial charge on any atom is -0.494 e. The SMILES string of the molecule is COc1ccc([C@@H](C)NC(=O)N2CCN3CCCC[C@@H]3C2)cc1F. The van der Waals surface area contributed by atoms with Gasteiger partial charge in [0.15, 0.2) is 11.6 Å². The maximum Gasteiger partial charge on any atom is 0.317 e. The average molecular weight is 335 g/mol. The highest BCUT2D eigenvalue weighted by molar-refractivity contribution is 5.75. The Labute approximate surface area is 142 Å². The number of fused-ring (bicyclic) bond motifs is 1. The number of rotatable bonds is 3. The first-order valence-corrected chi connectivity index (χ1v) is 8.71. The van der Waals surface area contributed by atoms with Crippen LogP contribution >= 0.6 is 0 Å². The van der Waals surface area contributed by atoms with Gasteiger partial charge in [0, 0.05) is 25.7 Å². The molecule has 0 spiro atoms. The van der Waals surface area contributed by atoms with Gasteiger partial charge in [0.25, 0.3) is 0 Å². The predicted octanol–water partition coefficient (Wildman–Crippen LogP) is 2.78. The summed E-state index contributed by atoms with van der Waals surface area (Å²) in [5, 5.41) is 2.99. The highest BCUT2D eigenvalue weighted by Gasteiger charge is 2.31. The van der Waals surface area contributed by atoms with E-state index >= 15 is 0 Å². The van der Waals surface area contributed by atoms with Gasteiger partial charge in [-0.25, -0.2) is 9.18 Å². The Balaban J connectivity index is 1.59. The molecule has 2 aliphatic heterocycles. The first kappa shape index (κ1) is 17.0. The fourth-order valence-electron chi connectivity index (χ4n) is 3.65. The minimum absolute atomic E-state index is 0.0658. The van der Waals surface area contributed by atoms with Crippen molar-refractivity contribution in [2.75, 3.05) is 33.3 Å². The summed E-state index contributed by atoms with van der Waals surface area (Å²) in [4.78, 5) is 16.9. The number of hydrogen-bond donors (Lipinski definition) is 1. The van der Waals surface area contributed by atoms with Crippen molar-refractivity contribution in [3.05, 3.63) is 29.6 Å². The van der Waals surface area contributed by atoms with Crippen LogP contribution in [0.4, 0.5) is 9.18 Å². The molecule has 1 N–H and O–H groups in total. The number of benzene rings is 1. The second-order valence-corrected chi connectivity index (χ2v) is 6.70. The van der Waals surface area contributed by atoms with E-state index in [-0.39, 0.29) is 17.8 Å². The van der Waals surface area contributed by atoms with Crippen LogP contribution in [0.15, 0.2) is 18.2 Å². The van der Waals surface area contributed by atoms with Gasteiger partial charge in [-0.1, -0.05) is 12.5 Å². The number of carbonyl (C=O) groups excluding carboxylic acids is 1. The fourth-order valence-corrected chi connectivity index (χ4v) is 3.65.